The number of carbonyl (C=O) groups is 1. The lowest BCUT2D eigenvalue weighted by molar-refractivity contribution is -0.113. The van der Waals surface area contributed by atoms with Crippen molar-refractivity contribution in [2.24, 2.45) is 0 Å². The van der Waals surface area contributed by atoms with Crippen LogP contribution in [0.1, 0.15) is 18.2 Å². The summed E-state index contributed by atoms with van der Waals surface area (Å²) in [5, 5.41) is 1.11. The average Bonchev–Trinajstić information content (AvgIpc) is 3.28. The Kier molecular flexibility index (Phi) is 5.83. The zero-order chi connectivity index (χ0) is 20.5. The van der Waals surface area contributed by atoms with Gasteiger partial charge in [0.2, 0.25) is 0 Å². The van der Waals surface area contributed by atoms with Gasteiger partial charge in [-0.15, -0.1) is 0 Å². The molecular formula is C22H15Cl2NO2S2. The van der Waals surface area contributed by atoms with E-state index in [-0.39, 0.29) is 5.91 Å². The number of halogens is 2. The number of hydrogen-bond donors (Lipinski definition) is 0. The molecule has 1 amide bonds. The highest BCUT2D eigenvalue weighted by molar-refractivity contribution is 8.27. The molecule has 1 aliphatic rings. The maximum Gasteiger partial charge on any atom is 0.270 e. The lowest BCUT2D eigenvalue weighted by Crippen LogP contribution is -2.28. The minimum absolute atomic E-state index is 0.153. The monoisotopic (exact) mass is 459 g/mol. The Hall–Kier alpha value is -2.05. The number of aryl methyl sites for hydroxylation is 1. The fourth-order valence-electron chi connectivity index (χ4n) is 3.09. The van der Waals surface area contributed by atoms with Crippen molar-refractivity contribution in [2.75, 3.05) is 4.90 Å². The summed E-state index contributed by atoms with van der Waals surface area (Å²) in [6, 6.07) is 16.6. The zero-order valence-electron chi connectivity index (χ0n) is 15.3. The van der Waals surface area contributed by atoms with Crippen molar-refractivity contribution in [1.82, 2.24) is 0 Å². The summed E-state index contributed by atoms with van der Waals surface area (Å²) in [6.07, 6.45) is 2.52. The van der Waals surface area contributed by atoms with E-state index in [1.807, 2.05) is 24.3 Å². The number of thiocarbonyl (C=S) groups is 1. The molecule has 1 aliphatic heterocycles. The highest BCUT2D eigenvalue weighted by atomic mass is 35.5. The molecule has 2 aromatic carbocycles. The van der Waals surface area contributed by atoms with E-state index < -0.39 is 0 Å². The fourth-order valence-corrected chi connectivity index (χ4v) is 4.74. The van der Waals surface area contributed by atoms with Gasteiger partial charge in [0.1, 0.15) is 11.5 Å². The van der Waals surface area contributed by atoms with Crippen LogP contribution in [-0.4, -0.2) is 10.2 Å². The molecule has 0 bridgehead atoms. The standard InChI is InChI=1S/C22H15Cl2NO2S2/c1-2-13-5-3-4-6-18(13)25-21(26)20(29-22(25)28)12-15-8-10-19(27-15)16-11-14(23)7-9-17(16)24/h3-12H,2H2,1H3. The quantitative estimate of drug-likeness (QED) is 0.304. The molecule has 0 atom stereocenters. The zero-order valence-corrected chi connectivity index (χ0v) is 18.5. The molecular weight excluding hydrogens is 445 g/mol. The summed E-state index contributed by atoms with van der Waals surface area (Å²) >= 11 is 19.1. The van der Waals surface area contributed by atoms with Crippen LogP contribution in [0.15, 0.2) is 63.9 Å². The van der Waals surface area contributed by atoms with Gasteiger partial charge in [0.05, 0.1) is 15.6 Å². The van der Waals surface area contributed by atoms with Crippen molar-refractivity contribution in [3.63, 3.8) is 0 Å². The van der Waals surface area contributed by atoms with E-state index in [0.717, 1.165) is 17.7 Å². The summed E-state index contributed by atoms with van der Waals surface area (Å²) < 4.78 is 6.40. The molecule has 0 saturated carbocycles. The van der Waals surface area contributed by atoms with Crippen molar-refractivity contribution in [1.29, 1.82) is 0 Å². The van der Waals surface area contributed by atoms with E-state index >= 15 is 0 Å². The van der Waals surface area contributed by atoms with E-state index in [1.165, 1.54) is 11.8 Å². The molecule has 0 N–H and O–H groups in total. The second-order valence-corrected chi connectivity index (χ2v) is 8.84. The first-order valence-corrected chi connectivity index (χ1v) is 10.9. The fraction of sp³-hybridized carbons (Fsp3) is 0.0909. The van der Waals surface area contributed by atoms with Crippen molar-refractivity contribution in [2.45, 2.75) is 13.3 Å². The predicted molar refractivity (Wildman–Crippen MR) is 126 cm³/mol. The Morgan fingerprint density at radius 3 is 2.72 bits per heavy atom. The number of amides is 1. The number of carbonyl (C=O) groups excluding carboxylic acids is 1. The smallest absolute Gasteiger partial charge is 0.270 e. The Labute approximate surface area is 188 Å². The lowest BCUT2D eigenvalue weighted by atomic mass is 10.1. The molecule has 1 fully saturated rings. The molecule has 3 aromatic rings. The van der Waals surface area contributed by atoms with Crippen molar-refractivity contribution < 1.29 is 9.21 Å². The third kappa shape index (κ3) is 4.01. The van der Waals surface area contributed by atoms with E-state index in [1.54, 1.807) is 41.3 Å². The summed E-state index contributed by atoms with van der Waals surface area (Å²) in [7, 11) is 0. The molecule has 0 aliphatic carbocycles. The van der Waals surface area contributed by atoms with Crippen molar-refractivity contribution >= 4 is 69.2 Å². The number of benzene rings is 2. The van der Waals surface area contributed by atoms with E-state index in [2.05, 4.69) is 6.92 Å². The summed E-state index contributed by atoms with van der Waals surface area (Å²) in [5.74, 6) is 0.968. The first-order chi connectivity index (χ1) is 14.0. The van der Waals surface area contributed by atoms with Crippen LogP contribution >= 0.6 is 47.2 Å². The summed E-state index contributed by atoms with van der Waals surface area (Å²) in [5.41, 5.74) is 2.59. The van der Waals surface area contributed by atoms with E-state index in [9.17, 15) is 4.79 Å². The molecule has 2 heterocycles. The SMILES string of the molecule is CCc1ccccc1N1C(=O)C(=Cc2ccc(-c3cc(Cl)ccc3Cl)o2)SC1=S. The number of para-hydroxylation sites is 1. The molecule has 1 saturated heterocycles. The topological polar surface area (TPSA) is 33.5 Å². The summed E-state index contributed by atoms with van der Waals surface area (Å²) in [6.45, 7) is 2.05. The van der Waals surface area contributed by atoms with Crippen LogP contribution in [0.5, 0.6) is 0 Å². The van der Waals surface area contributed by atoms with Crippen LogP contribution in [0.2, 0.25) is 10.0 Å². The second-order valence-electron chi connectivity index (χ2n) is 6.33. The molecule has 29 heavy (non-hydrogen) atoms. The summed E-state index contributed by atoms with van der Waals surface area (Å²) in [4.78, 5) is 15.1. The highest BCUT2D eigenvalue weighted by Crippen LogP contribution is 2.38. The Morgan fingerprint density at radius 2 is 1.93 bits per heavy atom. The largest absolute Gasteiger partial charge is 0.457 e. The third-order valence-electron chi connectivity index (χ3n) is 4.50. The maximum atomic E-state index is 13.0. The van der Waals surface area contributed by atoms with Crippen molar-refractivity contribution in [3.8, 4) is 11.3 Å². The van der Waals surface area contributed by atoms with Crippen LogP contribution in [-0.2, 0) is 11.2 Å². The number of hydrogen-bond acceptors (Lipinski definition) is 4. The molecule has 4 rings (SSSR count). The molecule has 7 heteroatoms. The van der Waals surface area contributed by atoms with Gasteiger partial charge in [-0.25, -0.2) is 0 Å². The maximum absolute atomic E-state index is 13.0. The molecule has 3 nitrogen and oxygen atoms in total. The normalized spacial score (nSPS) is 15.6. The minimum atomic E-state index is -0.153. The number of rotatable bonds is 4. The molecule has 0 radical (unpaired) electrons. The molecule has 0 spiro atoms. The number of nitrogens with zero attached hydrogens (tertiary/aromatic N) is 1. The van der Waals surface area contributed by atoms with Gasteiger partial charge in [0, 0.05) is 16.7 Å². The first kappa shape index (κ1) is 20.2. The van der Waals surface area contributed by atoms with Crippen LogP contribution in [0.3, 0.4) is 0 Å². The van der Waals surface area contributed by atoms with Gasteiger partial charge in [-0.3, -0.25) is 9.69 Å². The lowest BCUT2D eigenvalue weighted by Gasteiger charge is -2.17. The number of thioether (sulfide) groups is 1. The van der Waals surface area contributed by atoms with Gasteiger partial charge < -0.3 is 4.42 Å². The van der Waals surface area contributed by atoms with Gasteiger partial charge in [0.25, 0.3) is 5.91 Å². The second kappa shape index (κ2) is 8.36. The van der Waals surface area contributed by atoms with Gasteiger partial charge in [0.15, 0.2) is 4.32 Å². The van der Waals surface area contributed by atoms with Crippen LogP contribution in [0.25, 0.3) is 17.4 Å². The van der Waals surface area contributed by atoms with Gasteiger partial charge >= 0.3 is 0 Å². The third-order valence-corrected chi connectivity index (χ3v) is 6.37. The minimum Gasteiger partial charge on any atom is -0.457 e. The molecule has 146 valence electrons. The van der Waals surface area contributed by atoms with Crippen LogP contribution in [0, 0.1) is 0 Å². The number of furan rings is 1. The van der Waals surface area contributed by atoms with Crippen molar-refractivity contribution in [3.05, 3.63) is 80.9 Å². The van der Waals surface area contributed by atoms with Crippen LogP contribution < -0.4 is 4.90 Å². The molecule has 0 unspecified atom stereocenters. The van der Waals surface area contributed by atoms with E-state index in [4.69, 9.17) is 39.8 Å². The van der Waals surface area contributed by atoms with Gasteiger partial charge in [-0.1, -0.05) is 72.3 Å². The number of anilines is 1. The Bertz CT molecular complexity index is 1150. The first-order valence-electron chi connectivity index (χ1n) is 8.89. The average molecular weight is 460 g/mol. The Balaban J connectivity index is 1.65. The predicted octanol–water partition coefficient (Wildman–Crippen LogP) is 7.22. The van der Waals surface area contributed by atoms with Crippen LogP contribution in [0.4, 0.5) is 5.69 Å². The highest BCUT2D eigenvalue weighted by Gasteiger charge is 2.34. The van der Waals surface area contributed by atoms with Gasteiger partial charge in [-0.05, 0) is 48.4 Å². The Morgan fingerprint density at radius 1 is 1.14 bits per heavy atom. The van der Waals surface area contributed by atoms with Gasteiger partial charge in [-0.2, -0.15) is 0 Å². The van der Waals surface area contributed by atoms with E-state index in [0.29, 0.717) is 36.4 Å². The molecule has 1 aromatic heterocycles.